The smallest absolute Gasteiger partial charge is 0.390 e. The van der Waals surface area contributed by atoms with Crippen LogP contribution in [0.5, 0.6) is 0 Å². The van der Waals surface area contributed by atoms with E-state index in [1.807, 2.05) is 13.8 Å². The molecule has 0 saturated heterocycles. The van der Waals surface area contributed by atoms with E-state index in [4.69, 9.17) is 0 Å². The lowest BCUT2D eigenvalue weighted by atomic mass is 10.2. The van der Waals surface area contributed by atoms with Crippen molar-refractivity contribution in [3.63, 3.8) is 0 Å². The average molecular weight is 290 g/mol. The highest BCUT2D eigenvalue weighted by atomic mass is 19.4. The van der Waals surface area contributed by atoms with Gasteiger partial charge in [0.25, 0.3) is 0 Å². The number of halogens is 3. The van der Waals surface area contributed by atoms with Crippen molar-refractivity contribution in [3.05, 3.63) is 29.8 Å². The molecule has 3 nitrogen and oxygen atoms in total. The van der Waals surface area contributed by atoms with Crippen molar-refractivity contribution >= 4 is 5.69 Å². The molecule has 0 saturated carbocycles. The van der Waals surface area contributed by atoms with E-state index in [2.05, 4.69) is 10.2 Å². The van der Waals surface area contributed by atoms with Gasteiger partial charge < -0.3 is 15.3 Å². The first kappa shape index (κ1) is 16.8. The number of hydrogen-bond acceptors (Lipinski definition) is 3. The summed E-state index contributed by atoms with van der Waals surface area (Å²) >= 11 is 0. The Bertz CT molecular complexity index is 388. The summed E-state index contributed by atoms with van der Waals surface area (Å²) in [7, 11) is 0. The second kappa shape index (κ2) is 7.50. The van der Waals surface area contributed by atoms with Gasteiger partial charge in [-0.25, -0.2) is 0 Å². The second-order valence-corrected chi connectivity index (χ2v) is 4.60. The van der Waals surface area contributed by atoms with Crippen molar-refractivity contribution < 1.29 is 18.3 Å². The fourth-order valence-corrected chi connectivity index (χ4v) is 1.86. The zero-order valence-electron chi connectivity index (χ0n) is 11.7. The van der Waals surface area contributed by atoms with E-state index in [9.17, 15) is 18.3 Å². The number of likely N-dealkylation sites (N-methyl/N-ethyl adjacent to an activating group) is 1. The van der Waals surface area contributed by atoms with Crippen LogP contribution in [0.3, 0.4) is 0 Å². The number of hydrogen-bond donors (Lipinski definition) is 2. The summed E-state index contributed by atoms with van der Waals surface area (Å²) in [6.07, 6.45) is -4.88. The SMILES string of the molecule is CCN(CC)CC(O)CNc1ccc(C(F)(F)F)cc1. The van der Waals surface area contributed by atoms with Crippen LogP contribution in [0.4, 0.5) is 18.9 Å². The first-order chi connectivity index (χ1) is 9.36. The minimum absolute atomic E-state index is 0.307. The summed E-state index contributed by atoms with van der Waals surface area (Å²) in [4.78, 5) is 2.08. The molecule has 1 aromatic rings. The maximum Gasteiger partial charge on any atom is 0.416 e. The number of nitrogens with zero attached hydrogens (tertiary/aromatic N) is 1. The third-order valence-corrected chi connectivity index (χ3v) is 3.12. The van der Waals surface area contributed by atoms with Crippen molar-refractivity contribution in [1.29, 1.82) is 0 Å². The molecule has 1 aromatic carbocycles. The van der Waals surface area contributed by atoms with Crippen LogP contribution < -0.4 is 5.32 Å². The molecule has 0 aliphatic heterocycles. The van der Waals surface area contributed by atoms with Gasteiger partial charge in [-0.3, -0.25) is 0 Å². The number of nitrogens with one attached hydrogen (secondary N) is 1. The van der Waals surface area contributed by atoms with Crippen LogP contribution in [0.2, 0.25) is 0 Å². The fraction of sp³-hybridized carbons (Fsp3) is 0.571. The number of alkyl halides is 3. The molecule has 0 aliphatic carbocycles. The molecule has 20 heavy (non-hydrogen) atoms. The van der Waals surface area contributed by atoms with E-state index < -0.39 is 17.8 Å². The first-order valence-electron chi connectivity index (χ1n) is 6.68. The highest BCUT2D eigenvalue weighted by molar-refractivity contribution is 5.45. The number of aliphatic hydroxyl groups is 1. The van der Waals surface area contributed by atoms with Gasteiger partial charge in [0.2, 0.25) is 0 Å². The summed E-state index contributed by atoms with van der Waals surface area (Å²) in [5.74, 6) is 0. The number of rotatable bonds is 7. The molecule has 114 valence electrons. The van der Waals surface area contributed by atoms with Gasteiger partial charge in [0, 0.05) is 18.8 Å². The Morgan fingerprint density at radius 3 is 2.15 bits per heavy atom. The Morgan fingerprint density at radius 2 is 1.70 bits per heavy atom. The lowest BCUT2D eigenvalue weighted by molar-refractivity contribution is -0.137. The fourth-order valence-electron chi connectivity index (χ4n) is 1.86. The van der Waals surface area contributed by atoms with Crippen molar-refractivity contribution in [2.24, 2.45) is 0 Å². The van der Waals surface area contributed by atoms with Crippen LogP contribution >= 0.6 is 0 Å². The number of benzene rings is 1. The first-order valence-corrected chi connectivity index (χ1v) is 6.68. The molecule has 0 heterocycles. The van der Waals surface area contributed by atoms with Crippen molar-refractivity contribution in [3.8, 4) is 0 Å². The summed E-state index contributed by atoms with van der Waals surface area (Å²) in [6, 6.07) is 4.79. The molecule has 0 fully saturated rings. The Hall–Kier alpha value is -1.27. The standard InChI is InChI=1S/C14H21F3N2O/c1-3-19(4-2)10-13(20)9-18-12-7-5-11(6-8-12)14(15,16)17/h5-8,13,18,20H,3-4,9-10H2,1-2H3. The quantitative estimate of drug-likeness (QED) is 0.810. The molecular formula is C14H21F3N2O. The Kier molecular flexibility index (Phi) is 6.29. The minimum atomic E-state index is -4.32. The minimum Gasteiger partial charge on any atom is -0.390 e. The topological polar surface area (TPSA) is 35.5 Å². The van der Waals surface area contributed by atoms with E-state index >= 15 is 0 Å². The highest BCUT2D eigenvalue weighted by Crippen LogP contribution is 2.29. The maximum absolute atomic E-state index is 12.4. The number of anilines is 1. The molecule has 2 N–H and O–H groups in total. The molecule has 0 aliphatic rings. The molecule has 1 atom stereocenters. The molecule has 0 spiro atoms. The summed E-state index contributed by atoms with van der Waals surface area (Å²) in [6.45, 7) is 6.59. The Labute approximate surface area is 117 Å². The molecule has 0 bridgehead atoms. The van der Waals surface area contributed by atoms with Crippen molar-refractivity contribution in [2.75, 3.05) is 31.5 Å². The summed E-state index contributed by atoms with van der Waals surface area (Å²) in [5.41, 5.74) is -0.108. The lowest BCUT2D eigenvalue weighted by Gasteiger charge is -2.22. The second-order valence-electron chi connectivity index (χ2n) is 4.60. The van der Waals surface area contributed by atoms with Crippen molar-refractivity contribution in [1.82, 2.24) is 4.90 Å². The third-order valence-electron chi connectivity index (χ3n) is 3.12. The van der Waals surface area contributed by atoms with E-state index in [0.717, 1.165) is 25.2 Å². The molecule has 1 rings (SSSR count). The van der Waals surface area contributed by atoms with Gasteiger partial charge in [-0.2, -0.15) is 13.2 Å². The van der Waals surface area contributed by atoms with Gasteiger partial charge in [0.1, 0.15) is 0 Å². The molecular weight excluding hydrogens is 269 g/mol. The van der Waals surface area contributed by atoms with Gasteiger partial charge in [-0.1, -0.05) is 13.8 Å². The molecule has 0 amide bonds. The lowest BCUT2D eigenvalue weighted by Crippen LogP contribution is -2.35. The Morgan fingerprint density at radius 1 is 1.15 bits per heavy atom. The van der Waals surface area contributed by atoms with Gasteiger partial charge >= 0.3 is 6.18 Å². The van der Waals surface area contributed by atoms with Crippen molar-refractivity contribution in [2.45, 2.75) is 26.1 Å². The summed E-state index contributed by atoms with van der Waals surface area (Å²) < 4.78 is 37.2. The van der Waals surface area contributed by atoms with E-state index in [1.165, 1.54) is 12.1 Å². The molecule has 1 unspecified atom stereocenters. The zero-order chi connectivity index (χ0) is 15.2. The van der Waals surface area contributed by atoms with Gasteiger partial charge in [-0.15, -0.1) is 0 Å². The molecule has 0 aromatic heterocycles. The predicted molar refractivity (Wildman–Crippen MR) is 73.7 cm³/mol. The third kappa shape index (κ3) is 5.38. The maximum atomic E-state index is 12.4. The normalized spacial score (nSPS) is 13.6. The average Bonchev–Trinajstić information content (AvgIpc) is 2.42. The molecule has 6 heteroatoms. The van der Waals surface area contributed by atoms with Crippen LogP contribution in [0.15, 0.2) is 24.3 Å². The van der Waals surface area contributed by atoms with E-state index in [0.29, 0.717) is 18.8 Å². The zero-order valence-corrected chi connectivity index (χ0v) is 11.7. The largest absolute Gasteiger partial charge is 0.416 e. The Balaban J connectivity index is 2.46. The van der Waals surface area contributed by atoms with Crippen LogP contribution in [-0.2, 0) is 6.18 Å². The van der Waals surface area contributed by atoms with Crippen LogP contribution in [0.25, 0.3) is 0 Å². The summed E-state index contributed by atoms with van der Waals surface area (Å²) in [5, 5.41) is 12.8. The predicted octanol–water partition coefficient (Wildman–Crippen LogP) is 2.82. The van der Waals surface area contributed by atoms with Crippen LogP contribution in [0, 0.1) is 0 Å². The number of aliphatic hydroxyl groups excluding tert-OH is 1. The van der Waals surface area contributed by atoms with Gasteiger partial charge in [0.15, 0.2) is 0 Å². The van der Waals surface area contributed by atoms with E-state index in [1.54, 1.807) is 0 Å². The monoisotopic (exact) mass is 290 g/mol. The molecule has 0 radical (unpaired) electrons. The highest BCUT2D eigenvalue weighted by Gasteiger charge is 2.29. The van der Waals surface area contributed by atoms with Gasteiger partial charge in [-0.05, 0) is 37.4 Å². The van der Waals surface area contributed by atoms with Gasteiger partial charge in [0.05, 0.1) is 11.7 Å². The van der Waals surface area contributed by atoms with Crippen LogP contribution in [-0.4, -0.2) is 42.3 Å². The van der Waals surface area contributed by atoms with E-state index in [-0.39, 0.29) is 0 Å². The van der Waals surface area contributed by atoms with Crippen LogP contribution in [0.1, 0.15) is 19.4 Å².